The summed E-state index contributed by atoms with van der Waals surface area (Å²) in [5.74, 6) is -0.0954. The first kappa shape index (κ1) is 21.5. The molecular formula is C21H21ClN4O4S. The Hall–Kier alpha value is -2.78. The van der Waals surface area contributed by atoms with Crippen molar-refractivity contribution in [1.82, 2.24) is 15.2 Å². The number of aryl methyl sites for hydroxylation is 1. The van der Waals surface area contributed by atoms with E-state index in [0.29, 0.717) is 42.3 Å². The molecule has 0 unspecified atom stereocenters. The van der Waals surface area contributed by atoms with Crippen molar-refractivity contribution in [3.05, 3.63) is 44.2 Å². The summed E-state index contributed by atoms with van der Waals surface area (Å²) in [4.78, 5) is 55.8. The number of carbonyl (C=O) groups is 4. The normalized spacial score (nSPS) is 18.7. The van der Waals surface area contributed by atoms with Gasteiger partial charge in [-0.1, -0.05) is 17.7 Å². The monoisotopic (exact) mass is 460 g/mol. The van der Waals surface area contributed by atoms with Crippen LogP contribution < -0.4 is 10.6 Å². The second-order valence-corrected chi connectivity index (χ2v) is 9.01. The van der Waals surface area contributed by atoms with E-state index in [1.807, 2.05) is 6.92 Å². The van der Waals surface area contributed by atoms with E-state index >= 15 is 0 Å². The quantitative estimate of drug-likeness (QED) is 0.412. The zero-order chi connectivity index (χ0) is 22.1. The van der Waals surface area contributed by atoms with E-state index in [1.165, 1.54) is 11.3 Å². The number of nitrogens with zero attached hydrogens (tertiary/aromatic N) is 2. The molecule has 2 N–H and O–H groups in total. The highest BCUT2D eigenvalue weighted by atomic mass is 35.5. The molecule has 1 aliphatic heterocycles. The number of ketones is 2. The van der Waals surface area contributed by atoms with E-state index in [0.717, 1.165) is 16.0 Å². The number of urea groups is 1. The average molecular weight is 461 g/mol. The number of carbonyl (C=O) groups excluding carboxylic acids is 4. The fourth-order valence-corrected chi connectivity index (χ4v) is 4.98. The summed E-state index contributed by atoms with van der Waals surface area (Å²) in [5.41, 5.74) is 2.21. The lowest BCUT2D eigenvalue weighted by molar-refractivity contribution is -0.128. The van der Waals surface area contributed by atoms with Crippen molar-refractivity contribution >= 4 is 52.3 Å². The highest BCUT2D eigenvalue weighted by molar-refractivity contribution is 7.10. The van der Waals surface area contributed by atoms with Crippen LogP contribution in [0.3, 0.4) is 0 Å². The van der Waals surface area contributed by atoms with E-state index in [9.17, 15) is 19.2 Å². The molecule has 3 amide bonds. The minimum absolute atomic E-state index is 0.0615. The second-order valence-electron chi connectivity index (χ2n) is 7.69. The first-order chi connectivity index (χ1) is 14.8. The summed E-state index contributed by atoms with van der Waals surface area (Å²) >= 11 is 7.38. The average Bonchev–Trinajstić information content (AvgIpc) is 3.21. The molecule has 0 aromatic carbocycles. The van der Waals surface area contributed by atoms with Gasteiger partial charge < -0.3 is 10.2 Å². The molecule has 31 heavy (non-hydrogen) atoms. The molecule has 2 aliphatic rings. The van der Waals surface area contributed by atoms with E-state index in [1.54, 1.807) is 22.4 Å². The minimum Gasteiger partial charge on any atom is -0.333 e. The Kier molecular flexibility index (Phi) is 6.06. The van der Waals surface area contributed by atoms with Crippen molar-refractivity contribution in [3.8, 4) is 0 Å². The molecule has 1 atom stereocenters. The third kappa shape index (κ3) is 4.47. The first-order valence-corrected chi connectivity index (χ1v) is 11.2. The third-order valence-corrected chi connectivity index (χ3v) is 6.95. The lowest BCUT2D eigenvalue weighted by atomic mass is 10.1. The molecule has 1 fully saturated rings. The van der Waals surface area contributed by atoms with E-state index < -0.39 is 12.1 Å². The molecular weight excluding hydrogens is 440 g/mol. The van der Waals surface area contributed by atoms with Crippen LogP contribution in [0.5, 0.6) is 0 Å². The number of halogens is 1. The summed E-state index contributed by atoms with van der Waals surface area (Å²) < 4.78 is 0. The fourth-order valence-electron chi connectivity index (χ4n) is 3.85. The van der Waals surface area contributed by atoms with Gasteiger partial charge in [-0.05, 0) is 37.0 Å². The number of fused-ring (bicyclic) bond motifs is 1. The predicted molar refractivity (Wildman–Crippen MR) is 116 cm³/mol. The summed E-state index contributed by atoms with van der Waals surface area (Å²) in [6.45, 7) is 2.38. The van der Waals surface area contributed by atoms with Crippen LogP contribution in [0.2, 0.25) is 5.15 Å². The highest BCUT2D eigenvalue weighted by Crippen LogP contribution is 2.34. The molecule has 10 heteroatoms. The maximum absolute atomic E-state index is 12.9. The summed E-state index contributed by atoms with van der Waals surface area (Å²) in [5, 5.41) is 7.48. The third-order valence-electron chi connectivity index (χ3n) is 5.54. The number of amides is 3. The van der Waals surface area contributed by atoms with E-state index in [4.69, 9.17) is 11.6 Å². The summed E-state index contributed by atoms with van der Waals surface area (Å²) in [7, 11) is 0. The van der Waals surface area contributed by atoms with Crippen molar-refractivity contribution in [1.29, 1.82) is 0 Å². The zero-order valence-corrected chi connectivity index (χ0v) is 18.4. The molecule has 4 rings (SSSR count). The Balaban J connectivity index is 1.40. The maximum atomic E-state index is 12.9. The van der Waals surface area contributed by atoms with E-state index in [2.05, 4.69) is 15.6 Å². The van der Waals surface area contributed by atoms with Gasteiger partial charge in [0, 0.05) is 23.2 Å². The van der Waals surface area contributed by atoms with Gasteiger partial charge in [0.15, 0.2) is 5.78 Å². The number of Topliss-reactive ketones (excluding diaryl/α,β-unsaturated/α-hetero) is 2. The standard InChI is InChI=1S/C21H21ClN4O4S/c1-11-5-6-18(24-19(11)22)25-21(30)23-8-17-13-9-26(20(29)14(13)10-31-17)15-4-2-3-12(27)7-16(15)28/h5-6,10,15H,2-4,7-9H2,1H3,(H2,23,24,25,30)/t15-/m0/s1. The molecule has 8 nitrogen and oxygen atoms in total. The maximum Gasteiger partial charge on any atom is 0.320 e. The van der Waals surface area contributed by atoms with Crippen LogP contribution in [0.25, 0.3) is 0 Å². The van der Waals surface area contributed by atoms with Gasteiger partial charge in [-0.3, -0.25) is 19.7 Å². The van der Waals surface area contributed by atoms with Gasteiger partial charge in [0.25, 0.3) is 5.91 Å². The Morgan fingerprint density at radius 2 is 2.13 bits per heavy atom. The van der Waals surface area contributed by atoms with Crippen LogP contribution in [0.1, 0.15) is 52.0 Å². The van der Waals surface area contributed by atoms with Gasteiger partial charge >= 0.3 is 6.03 Å². The van der Waals surface area contributed by atoms with E-state index in [-0.39, 0.29) is 30.4 Å². The smallest absolute Gasteiger partial charge is 0.320 e. The van der Waals surface area contributed by atoms with Gasteiger partial charge in [-0.15, -0.1) is 11.3 Å². The van der Waals surface area contributed by atoms with Gasteiger partial charge in [0.1, 0.15) is 16.8 Å². The van der Waals surface area contributed by atoms with Crippen molar-refractivity contribution in [3.63, 3.8) is 0 Å². The minimum atomic E-state index is -0.558. The largest absolute Gasteiger partial charge is 0.333 e. The van der Waals surface area contributed by atoms with Crippen LogP contribution >= 0.6 is 22.9 Å². The summed E-state index contributed by atoms with van der Waals surface area (Å²) in [6, 6.07) is 2.43. The Morgan fingerprint density at radius 1 is 1.32 bits per heavy atom. The van der Waals surface area contributed by atoms with Crippen LogP contribution in [-0.4, -0.2) is 39.4 Å². The number of anilines is 1. The number of aromatic nitrogens is 1. The predicted octanol–water partition coefficient (Wildman–Crippen LogP) is 3.46. The topological polar surface area (TPSA) is 108 Å². The Bertz CT molecular complexity index is 1080. The van der Waals surface area contributed by atoms with Crippen molar-refractivity contribution in [2.24, 2.45) is 0 Å². The zero-order valence-electron chi connectivity index (χ0n) is 16.9. The van der Waals surface area contributed by atoms with Crippen LogP contribution in [0.4, 0.5) is 10.6 Å². The molecule has 1 saturated carbocycles. The van der Waals surface area contributed by atoms with Crippen molar-refractivity contribution in [2.45, 2.75) is 51.7 Å². The number of rotatable bonds is 4. The molecule has 0 bridgehead atoms. The van der Waals surface area contributed by atoms with Gasteiger partial charge in [-0.2, -0.15) is 0 Å². The van der Waals surface area contributed by atoms with Crippen molar-refractivity contribution < 1.29 is 19.2 Å². The molecule has 0 spiro atoms. The molecule has 2 aromatic heterocycles. The number of hydrogen-bond acceptors (Lipinski definition) is 6. The number of thiophene rings is 1. The van der Waals surface area contributed by atoms with Gasteiger partial charge in [0.05, 0.1) is 24.6 Å². The number of pyridine rings is 1. The van der Waals surface area contributed by atoms with Crippen molar-refractivity contribution in [2.75, 3.05) is 5.32 Å². The lowest BCUT2D eigenvalue weighted by Crippen LogP contribution is -2.41. The lowest BCUT2D eigenvalue weighted by Gasteiger charge is -2.25. The van der Waals surface area contributed by atoms with Crippen LogP contribution in [0, 0.1) is 6.92 Å². The Morgan fingerprint density at radius 3 is 2.90 bits per heavy atom. The molecule has 1 aliphatic carbocycles. The summed E-state index contributed by atoms with van der Waals surface area (Å²) in [6.07, 6.45) is 1.40. The SMILES string of the molecule is Cc1ccc(NC(=O)NCc2scc3c2CN([C@H]2CCCC(=O)CC2=O)C3=O)nc1Cl. The second kappa shape index (κ2) is 8.76. The highest BCUT2D eigenvalue weighted by Gasteiger charge is 2.39. The van der Waals surface area contributed by atoms with Gasteiger partial charge in [0.2, 0.25) is 0 Å². The van der Waals surface area contributed by atoms with Gasteiger partial charge in [-0.25, -0.2) is 9.78 Å². The van der Waals surface area contributed by atoms with Crippen LogP contribution in [0.15, 0.2) is 17.5 Å². The Labute approximate surface area is 188 Å². The first-order valence-electron chi connectivity index (χ1n) is 9.96. The number of hydrogen-bond donors (Lipinski definition) is 2. The molecule has 0 saturated heterocycles. The number of nitrogens with one attached hydrogen (secondary N) is 2. The van der Waals surface area contributed by atoms with Crippen LogP contribution in [-0.2, 0) is 22.7 Å². The fraction of sp³-hybridized carbons (Fsp3) is 0.381. The molecule has 0 radical (unpaired) electrons. The molecule has 2 aromatic rings. The molecule has 162 valence electrons. The molecule has 3 heterocycles.